The molecule has 142 valence electrons. The molecular weight excluding hydrogens is 422 g/mol. The largest absolute Gasteiger partial charge is 0.337 e. The fraction of sp³-hybridized carbons (Fsp3) is 0.500. The normalized spacial score (nSPS) is 15.9. The summed E-state index contributed by atoms with van der Waals surface area (Å²) in [5.74, 6) is 0.241. The lowest BCUT2D eigenvalue weighted by molar-refractivity contribution is 0.252. The summed E-state index contributed by atoms with van der Waals surface area (Å²) in [7, 11) is -3.39. The number of hydrogen-bond acceptors (Lipinski definition) is 4. The first-order valence-electron chi connectivity index (χ1n) is 8.62. The van der Waals surface area contributed by atoms with Crippen molar-refractivity contribution < 1.29 is 13.2 Å². The molecule has 1 aliphatic rings. The van der Waals surface area contributed by atoms with E-state index in [1.54, 1.807) is 16.8 Å². The smallest absolute Gasteiger partial charge is 0.320 e. The number of urea groups is 1. The van der Waals surface area contributed by atoms with Crippen LogP contribution in [-0.2, 0) is 10.0 Å². The highest BCUT2D eigenvalue weighted by Crippen LogP contribution is 2.20. The van der Waals surface area contributed by atoms with Gasteiger partial charge in [0.15, 0.2) is 5.82 Å². The zero-order valence-corrected chi connectivity index (χ0v) is 16.6. The van der Waals surface area contributed by atoms with Crippen LogP contribution in [0.25, 0.3) is 5.52 Å². The quantitative estimate of drug-likeness (QED) is 0.637. The van der Waals surface area contributed by atoms with Crippen LogP contribution in [0.15, 0.2) is 28.9 Å². The second-order valence-corrected chi connectivity index (χ2v) is 9.10. The van der Waals surface area contributed by atoms with Crippen molar-refractivity contribution in [2.24, 2.45) is 0 Å². The van der Waals surface area contributed by atoms with Crippen LogP contribution in [0.4, 0.5) is 10.6 Å². The van der Waals surface area contributed by atoms with Crippen molar-refractivity contribution in [3.05, 3.63) is 28.9 Å². The van der Waals surface area contributed by atoms with Gasteiger partial charge >= 0.3 is 6.03 Å². The number of anilines is 1. The van der Waals surface area contributed by atoms with Crippen LogP contribution >= 0.6 is 15.9 Å². The highest BCUT2D eigenvalue weighted by atomic mass is 79.9. The van der Waals surface area contributed by atoms with E-state index >= 15 is 0 Å². The molecule has 26 heavy (non-hydrogen) atoms. The molecular formula is C16H22BrN5O3S. The minimum Gasteiger partial charge on any atom is -0.337 e. The lowest BCUT2D eigenvalue weighted by atomic mass is 9.96. The number of pyridine rings is 1. The van der Waals surface area contributed by atoms with E-state index in [4.69, 9.17) is 0 Å². The van der Waals surface area contributed by atoms with E-state index in [0.29, 0.717) is 5.82 Å². The lowest BCUT2D eigenvalue weighted by Crippen LogP contribution is -2.41. The number of amides is 2. The molecule has 2 aromatic heterocycles. The van der Waals surface area contributed by atoms with Gasteiger partial charge in [-0.25, -0.2) is 22.4 Å². The maximum atomic E-state index is 12.1. The summed E-state index contributed by atoms with van der Waals surface area (Å²) in [4.78, 5) is 12.0. The van der Waals surface area contributed by atoms with Gasteiger partial charge in [-0.2, -0.15) is 0 Å². The molecule has 0 unspecified atom stereocenters. The zero-order valence-electron chi connectivity index (χ0n) is 14.2. The van der Waals surface area contributed by atoms with Gasteiger partial charge < -0.3 is 5.32 Å². The Morgan fingerprint density at radius 1 is 1.31 bits per heavy atom. The van der Waals surface area contributed by atoms with E-state index in [2.05, 4.69) is 36.4 Å². The zero-order chi connectivity index (χ0) is 18.6. The molecule has 0 radical (unpaired) electrons. The van der Waals surface area contributed by atoms with Gasteiger partial charge in [-0.3, -0.25) is 5.32 Å². The van der Waals surface area contributed by atoms with Crippen LogP contribution in [0.1, 0.15) is 32.1 Å². The minimum absolute atomic E-state index is 0.0268. The molecule has 0 spiro atoms. The Bertz CT molecular complexity index is 877. The van der Waals surface area contributed by atoms with Crippen molar-refractivity contribution >= 4 is 43.3 Å². The van der Waals surface area contributed by atoms with Crippen molar-refractivity contribution in [2.45, 2.75) is 38.1 Å². The molecule has 0 atom stereocenters. The van der Waals surface area contributed by atoms with Gasteiger partial charge in [-0.05, 0) is 40.9 Å². The summed E-state index contributed by atoms with van der Waals surface area (Å²) in [6, 6.07) is 4.98. The SMILES string of the molecule is O=C(NCCS(=O)(=O)NC1CCCCC1)Nc1cc2c(Br)cccn2n1. The topological polar surface area (TPSA) is 105 Å². The second kappa shape index (κ2) is 8.36. The molecule has 0 aliphatic heterocycles. The molecule has 1 saturated carbocycles. The minimum atomic E-state index is -3.39. The van der Waals surface area contributed by atoms with Crippen LogP contribution < -0.4 is 15.4 Å². The van der Waals surface area contributed by atoms with Gasteiger partial charge in [0.1, 0.15) is 0 Å². The van der Waals surface area contributed by atoms with Gasteiger partial charge in [0.05, 0.1) is 11.3 Å². The number of fused-ring (bicyclic) bond motifs is 1. The number of sulfonamides is 1. The molecule has 1 fully saturated rings. The fourth-order valence-electron chi connectivity index (χ4n) is 3.03. The highest BCUT2D eigenvalue weighted by Gasteiger charge is 2.20. The third kappa shape index (κ3) is 5.18. The third-order valence-electron chi connectivity index (χ3n) is 4.30. The predicted octanol–water partition coefficient (Wildman–Crippen LogP) is 2.47. The summed E-state index contributed by atoms with van der Waals surface area (Å²) in [6.45, 7) is 0.0327. The average molecular weight is 444 g/mol. The number of nitrogens with zero attached hydrogens (tertiary/aromatic N) is 2. The summed E-state index contributed by atoms with van der Waals surface area (Å²) >= 11 is 3.42. The van der Waals surface area contributed by atoms with Gasteiger partial charge in [-0.15, -0.1) is 5.10 Å². The lowest BCUT2D eigenvalue weighted by Gasteiger charge is -2.22. The first kappa shape index (κ1) is 19.1. The summed E-state index contributed by atoms with van der Waals surface area (Å²) in [6.07, 6.45) is 6.82. The van der Waals surface area contributed by atoms with Crippen molar-refractivity contribution in [2.75, 3.05) is 17.6 Å². The van der Waals surface area contributed by atoms with Crippen molar-refractivity contribution in [3.8, 4) is 0 Å². The highest BCUT2D eigenvalue weighted by molar-refractivity contribution is 9.10. The van der Waals surface area contributed by atoms with Crippen LogP contribution in [0.3, 0.4) is 0 Å². The Morgan fingerprint density at radius 2 is 2.08 bits per heavy atom. The van der Waals surface area contributed by atoms with Crippen LogP contribution in [-0.4, -0.2) is 42.4 Å². The number of halogens is 1. The summed E-state index contributed by atoms with van der Waals surface area (Å²) in [5.41, 5.74) is 0.821. The molecule has 1 aliphatic carbocycles. The molecule has 8 nitrogen and oxygen atoms in total. The molecule has 2 heterocycles. The van der Waals surface area contributed by atoms with Crippen molar-refractivity contribution in [3.63, 3.8) is 0 Å². The first-order chi connectivity index (χ1) is 12.4. The van der Waals surface area contributed by atoms with Gasteiger partial charge in [-0.1, -0.05) is 19.3 Å². The predicted molar refractivity (Wildman–Crippen MR) is 104 cm³/mol. The molecule has 0 bridgehead atoms. The Hall–Kier alpha value is -1.65. The number of hydrogen-bond donors (Lipinski definition) is 3. The Balaban J connectivity index is 1.46. The van der Waals surface area contributed by atoms with E-state index in [1.165, 1.54) is 6.42 Å². The van der Waals surface area contributed by atoms with E-state index in [0.717, 1.165) is 35.7 Å². The monoisotopic (exact) mass is 443 g/mol. The van der Waals surface area contributed by atoms with Crippen LogP contribution in [0.5, 0.6) is 0 Å². The van der Waals surface area contributed by atoms with Crippen molar-refractivity contribution in [1.82, 2.24) is 19.7 Å². The maximum absolute atomic E-state index is 12.1. The molecule has 3 rings (SSSR count). The van der Waals surface area contributed by atoms with Gasteiger partial charge in [0, 0.05) is 29.3 Å². The van der Waals surface area contributed by atoms with Gasteiger partial charge in [0.2, 0.25) is 10.0 Å². The molecule has 3 N–H and O–H groups in total. The fourth-order valence-corrected chi connectivity index (χ4v) is 4.72. The Morgan fingerprint density at radius 3 is 2.81 bits per heavy atom. The Kier molecular flexibility index (Phi) is 6.15. The van der Waals surface area contributed by atoms with E-state index < -0.39 is 16.1 Å². The third-order valence-corrected chi connectivity index (χ3v) is 6.40. The number of rotatable bonds is 6. The van der Waals surface area contributed by atoms with E-state index in [9.17, 15) is 13.2 Å². The second-order valence-electron chi connectivity index (χ2n) is 6.37. The number of nitrogens with one attached hydrogen (secondary N) is 3. The van der Waals surface area contributed by atoms with E-state index in [1.807, 2.05) is 12.1 Å². The standard InChI is InChI=1S/C16H22BrN5O3S/c17-13-7-4-9-22-14(13)11-15(20-22)19-16(23)18-8-10-26(24,25)21-12-5-2-1-3-6-12/h4,7,9,11-12,21H,1-3,5-6,8,10H2,(H2,18,19,20,23). The van der Waals surface area contributed by atoms with Crippen molar-refractivity contribution in [1.29, 1.82) is 0 Å². The van der Waals surface area contributed by atoms with E-state index in [-0.39, 0.29) is 18.3 Å². The number of carbonyl (C=O) groups excluding carboxylic acids is 1. The first-order valence-corrected chi connectivity index (χ1v) is 11.1. The molecule has 0 saturated heterocycles. The number of aromatic nitrogens is 2. The number of carbonyl (C=O) groups is 1. The molecule has 10 heteroatoms. The molecule has 0 aromatic carbocycles. The molecule has 2 aromatic rings. The van der Waals surface area contributed by atoms with Crippen LogP contribution in [0.2, 0.25) is 0 Å². The maximum Gasteiger partial charge on any atom is 0.320 e. The molecule has 2 amide bonds. The van der Waals surface area contributed by atoms with Gasteiger partial charge in [0.25, 0.3) is 0 Å². The average Bonchev–Trinajstić information content (AvgIpc) is 2.99. The summed E-state index contributed by atoms with van der Waals surface area (Å²) in [5, 5.41) is 9.39. The summed E-state index contributed by atoms with van der Waals surface area (Å²) < 4.78 is 29.4. The Labute approximate surface area is 160 Å². The van der Waals surface area contributed by atoms with Crippen LogP contribution in [0, 0.1) is 0 Å².